The third kappa shape index (κ3) is 4.58. The van der Waals surface area contributed by atoms with Gasteiger partial charge in [-0.15, -0.1) is 0 Å². The minimum Gasteiger partial charge on any atom is -0.452 e. The van der Waals surface area contributed by atoms with E-state index >= 15 is 0 Å². The number of amides is 3. The van der Waals surface area contributed by atoms with Gasteiger partial charge in [0.15, 0.2) is 6.61 Å². The number of benzene rings is 2. The Hall–Kier alpha value is -2.97. The fourth-order valence-electron chi connectivity index (χ4n) is 4.01. The van der Waals surface area contributed by atoms with E-state index in [0.717, 1.165) is 4.90 Å². The Bertz CT molecular complexity index is 1170. The van der Waals surface area contributed by atoms with E-state index in [0.29, 0.717) is 39.3 Å². The average molecular weight is 532 g/mol. The summed E-state index contributed by atoms with van der Waals surface area (Å²) in [5.41, 5.74) is 1.64. The fourth-order valence-corrected chi connectivity index (χ4v) is 4.61. The second kappa shape index (κ2) is 9.49. The third-order valence-corrected chi connectivity index (χ3v) is 7.17. The summed E-state index contributed by atoms with van der Waals surface area (Å²) < 4.78 is 5.84. The average Bonchev–Trinajstić information content (AvgIpc) is 3.08. The zero-order valence-electron chi connectivity index (χ0n) is 17.6. The maximum Gasteiger partial charge on any atom is 0.338 e. The molecule has 2 aliphatic rings. The molecule has 4 rings (SSSR count). The van der Waals surface area contributed by atoms with Gasteiger partial charge in [-0.1, -0.05) is 29.8 Å². The summed E-state index contributed by atoms with van der Waals surface area (Å²) in [7, 11) is 0. The Kier molecular flexibility index (Phi) is 6.67. The number of allylic oxidation sites excluding steroid dienone is 2. The molecule has 0 unspecified atom stereocenters. The van der Waals surface area contributed by atoms with Crippen LogP contribution in [0.25, 0.3) is 0 Å². The number of halogens is 2. The molecule has 1 heterocycles. The van der Waals surface area contributed by atoms with Crippen LogP contribution in [0.5, 0.6) is 0 Å². The van der Waals surface area contributed by atoms with Gasteiger partial charge in [0.05, 0.1) is 28.1 Å². The summed E-state index contributed by atoms with van der Waals surface area (Å²) >= 11 is 9.48. The first-order valence-electron chi connectivity index (χ1n) is 10.3. The molecule has 7 nitrogen and oxygen atoms in total. The van der Waals surface area contributed by atoms with Crippen LogP contribution in [0.3, 0.4) is 0 Å². The molecule has 2 aromatic rings. The van der Waals surface area contributed by atoms with Crippen LogP contribution in [0.1, 0.15) is 28.8 Å². The van der Waals surface area contributed by atoms with Crippen molar-refractivity contribution >= 4 is 62.6 Å². The van der Waals surface area contributed by atoms with Crippen LogP contribution in [0.4, 0.5) is 11.4 Å². The number of nitrogens with one attached hydrogen (secondary N) is 1. The van der Waals surface area contributed by atoms with Gasteiger partial charge in [-0.05, 0) is 71.6 Å². The molecule has 1 saturated heterocycles. The molecule has 1 aliphatic carbocycles. The van der Waals surface area contributed by atoms with Crippen LogP contribution in [0, 0.1) is 18.8 Å². The molecule has 0 saturated carbocycles. The molecule has 33 heavy (non-hydrogen) atoms. The van der Waals surface area contributed by atoms with Crippen molar-refractivity contribution in [3.8, 4) is 0 Å². The van der Waals surface area contributed by atoms with Gasteiger partial charge in [-0.3, -0.25) is 19.3 Å². The third-order valence-electron chi connectivity index (χ3n) is 5.80. The molecule has 2 atom stereocenters. The number of rotatable bonds is 5. The topological polar surface area (TPSA) is 92.8 Å². The molecular weight excluding hydrogens is 512 g/mol. The van der Waals surface area contributed by atoms with Gasteiger partial charge in [0.25, 0.3) is 5.91 Å². The zero-order chi connectivity index (χ0) is 23.7. The van der Waals surface area contributed by atoms with Crippen LogP contribution in [0.2, 0.25) is 5.02 Å². The molecule has 0 radical (unpaired) electrons. The zero-order valence-corrected chi connectivity index (χ0v) is 20.0. The fraction of sp³-hybridized carbons (Fsp3) is 0.250. The normalized spacial score (nSPS) is 19.4. The van der Waals surface area contributed by atoms with E-state index in [1.165, 1.54) is 12.1 Å². The Morgan fingerprint density at radius 2 is 1.79 bits per heavy atom. The molecule has 0 aromatic heterocycles. The van der Waals surface area contributed by atoms with E-state index in [2.05, 4.69) is 21.2 Å². The van der Waals surface area contributed by atoms with Crippen LogP contribution >= 0.6 is 27.5 Å². The SMILES string of the molecule is Cc1c(NC(=O)COC(=O)c2cccc(N3C(=O)[C@@H]4CC=CC[C@H]4C3=O)c2)ccc(Br)c1Cl. The van der Waals surface area contributed by atoms with Crippen molar-refractivity contribution in [2.75, 3.05) is 16.8 Å². The van der Waals surface area contributed by atoms with Crippen molar-refractivity contribution in [1.82, 2.24) is 0 Å². The second-order valence-corrected chi connectivity index (χ2v) is 9.11. The molecule has 2 aromatic carbocycles. The number of hydrogen-bond donors (Lipinski definition) is 1. The summed E-state index contributed by atoms with van der Waals surface area (Å²) in [6, 6.07) is 9.49. The molecule has 1 aliphatic heterocycles. The van der Waals surface area contributed by atoms with E-state index in [-0.39, 0.29) is 29.2 Å². The lowest BCUT2D eigenvalue weighted by Gasteiger charge is -2.15. The standard InChI is InChI=1S/C24H20BrClN2O5/c1-13-19(10-9-18(25)21(13)26)27-20(29)12-33-24(32)14-5-4-6-15(11-14)28-22(30)16-7-2-3-8-17(16)23(28)31/h2-6,9-11,16-17H,7-8,12H2,1H3,(H,27,29)/t16-,17-/m1/s1. The lowest BCUT2D eigenvalue weighted by atomic mass is 9.85. The first-order valence-corrected chi connectivity index (χ1v) is 11.5. The Balaban J connectivity index is 1.41. The Labute approximate surface area is 203 Å². The van der Waals surface area contributed by atoms with Gasteiger partial charge in [-0.2, -0.15) is 0 Å². The Morgan fingerprint density at radius 1 is 1.12 bits per heavy atom. The van der Waals surface area contributed by atoms with Gasteiger partial charge < -0.3 is 10.1 Å². The number of imide groups is 1. The summed E-state index contributed by atoms with van der Waals surface area (Å²) in [4.78, 5) is 51.5. The minimum absolute atomic E-state index is 0.136. The first kappa shape index (κ1) is 23.2. The van der Waals surface area contributed by atoms with E-state index in [4.69, 9.17) is 16.3 Å². The van der Waals surface area contributed by atoms with E-state index in [9.17, 15) is 19.2 Å². The van der Waals surface area contributed by atoms with Crippen molar-refractivity contribution in [3.05, 3.63) is 69.2 Å². The Morgan fingerprint density at radius 3 is 2.45 bits per heavy atom. The van der Waals surface area contributed by atoms with E-state index in [1.54, 1.807) is 31.2 Å². The van der Waals surface area contributed by atoms with Crippen LogP contribution in [-0.4, -0.2) is 30.3 Å². The van der Waals surface area contributed by atoms with E-state index in [1.807, 2.05) is 12.2 Å². The number of fused-ring (bicyclic) bond motifs is 1. The van der Waals surface area contributed by atoms with Crippen molar-refractivity contribution in [1.29, 1.82) is 0 Å². The monoisotopic (exact) mass is 530 g/mol. The van der Waals surface area contributed by atoms with Crippen molar-refractivity contribution in [3.63, 3.8) is 0 Å². The molecule has 0 spiro atoms. The van der Waals surface area contributed by atoms with Crippen LogP contribution < -0.4 is 10.2 Å². The van der Waals surface area contributed by atoms with Crippen molar-refractivity contribution < 1.29 is 23.9 Å². The minimum atomic E-state index is -0.740. The maximum absolute atomic E-state index is 12.8. The lowest BCUT2D eigenvalue weighted by molar-refractivity contribution is -0.122. The molecule has 3 amide bonds. The van der Waals surface area contributed by atoms with Gasteiger partial charge >= 0.3 is 5.97 Å². The number of anilines is 2. The predicted octanol–water partition coefficient (Wildman–Crippen LogP) is 4.66. The largest absolute Gasteiger partial charge is 0.452 e. The summed E-state index contributed by atoms with van der Waals surface area (Å²) in [6.45, 7) is 1.25. The van der Waals surface area contributed by atoms with Gasteiger partial charge in [-0.25, -0.2) is 4.79 Å². The highest BCUT2D eigenvalue weighted by molar-refractivity contribution is 9.10. The highest BCUT2D eigenvalue weighted by Gasteiger charge is 2.47. The summed E-state index contributed by atoms with van der Waals surface area (Å²) in [5.74, 6) is -2.52. The van der Waals surface area contributed by atoms with E-state index < -0.39 is 18.5 Å². The molecular formula is C24H20BrClN2O5. The van der Waals surface area contributed by atoms with Gasteiger partial charge in [0.1, 0.15) is 0 Å². The second-order valence-electron chi connectivity index (χ2n) is 7.88. The predicted molar refractivity (Wildman–Crippen MR) is 127 cm³/mol. The van der Waals surface area contributed by atoms with Crippen molar-refractivity contribution in [2.45, 2.75) is 19.8 Å². The highest BCUT2D eigenvalue weighted by Crippen LogP contribution is 2.38. The lowest BCUT2D eigenvalue weighted by Crippen LogP contribution is -2.31. The number of carbonyl (C=O) groups is 4. The molecule has 1 fully saturated rings. The highest BCUT2D eigenvalue weighted by atomic mass is 79.9. The van der Waals surface area contributed by atoms with Gasteiger partial charge in [0.2, 0.25) is 11.8 Å². The number of carbonyl (C=O) groups excluding carboxylic acids is 4. The summed E-state index contributed by atoms with van der Waals surface area (Å²) in [5, 5.41) is 3.13. The number of ether oxygens (including phenoxy) is 1. The number of hydrogen-bond acceptors (Lipinski definition) is 5. The smallest absolute Gasteiger partial charge is 0.338 e. The molecule has 9 heteroatoms. The molecule has 0 bridgehead atoms. The first-order chi connectivity index (χ1) is 15.8. The quantitative estimate of drug-likeness (QED) is 0.344. The van der Waals surface area contributed by atoms with Crippen LogP contribution in [0.15, 0.2) is 53.0 Å². The molecule has 1 N–H and O–H groups in total. The number of nitrogens with zero attached hydrogens (tertiary/aromatic N) is 1. The number of esters is 1. The summed E-state index contributed by atoms with van der Waals surface area (Å²) in [6.07, 6.45) is 4.90. The maximum atomic E-state index is 12.8. The van der Waals surface area contributed by atoms with Crippen molar-refractivity contribution in [2.24, 2.45) is 11.8 Å². The van der Waals surface area contributed by atoms with Gasteiger partial charge in [0, 0.05) is 10.2 Å². The molecule has 170 valence electrons. The van der Waals surface area contributed by atoms with Crippen LogP contribution in [-0.2, 0) is 19.1 Å².